The number of piperidine rings is 1. The Kier molecular flexibility index (Phi) is 6.44. The largest absolute Gasteiger partial charge is 0.484 e. The molecule has 3 aromatic rings. The van der Waals surface area contributed by atoms with Crippen LogP contribution in [0.15, 0.2) is 73.3 Å². The predicted octanol–water partition coefficient (Wildman–Crippen LogP) is 2.86. The summed E-state index contributed by atoms with van der Waals surface area (Å²) in [4.78, 5) is 35.0. The molecule has 1 saturated heterocycles. The Labute approximate surface area is 187 Å². The number of hydrogen-bond acceptors (Lipinski definition) is 5. The van der Waals surface area contributed by atoms with Crippen molar-refractivity contribution in [3.8, 4) is 16.9 Å². The van der Waals surface area contributed by atoms with E-state index in [0.29, 0.717) is 38.1 Å². The second-order valence-corrected chi connectivity index (χ2v) is 8.13. The van der Waals surface area contributed by atoms with Gasteiger partial charge in [0.2, 0.25) is 5.91 Å². The summed E-state index contributed by atoms with van der Waals surface area (Å²) >= 11 is 0. The van der Waals surface area contributed by atoms with Crippen LogP contribution in [-0.4, -0.2) is 46.4 Å². The number of benzene rings is 2. The van der Waals surface area contributed by atoms with Gasteiger partial charge in [-0.2, -0.15) is 0 Å². The monoisotopic (exact) mass is 430 g/mol. The fraction of sp³-hybridized carbons (Fsp3) is 0.280. The quantitative estimate of drug-likeness (QED) is 0.622. The first-order valence-corrected chi connectivity index (χ1v) is 10.7. The Morgan fingerprint density at radius 2 is 1.69 bits per heavy atom. The average molecular weight is 431 g/mol. The number of nitrogens with zero attached hydrogens (tertiary/aromatic N) is 3. The Hall–Kier alpha value is -3.74. The lowest BCUT2D eigenvalue weighted by molar-refractivity contribution is -0.140. The first-order valence-electron chi connectivity index (χ1n) is 10.7. The van der Waals surface area contributed by atoms with E-state index in [1.165, 1.54) is 6.33 Å². The van der Waals surface area contributed by atoms with E-state index in [4.69, 9.17) is 10.5 Å². The zero-order valence-electron chi connectivity index (χ0n) is 17.8. The molecular weight excluding hydrogens is 404 g/mol. The molecule has 0 atom stereocenters. The van der Waals surface area contributed by atoms with Crippen LogP contribution in [-0.2, 0) is 16.0 Å². The molecule has 164 valence electrons. The second kappa shape index (κ2) is 9.60. The third-order valence-electron chi connectivity index (χ3n) is 6.06. The number of rotatable bonds is 7. The van der Waals surface area contributed by atoms with Gasteiger partial charge in [0.15, 0.2) is 6.61 Å². The summed E-state index contributed by atoms with van der Waals surface area (Å²) < 4.78 is 5.58. The van der Waals surface area contributed by atoms with Crippen LogP contribution in [0.5, 0.6) is 5.75 Å². The summed E-state index contributed by atoms with van der Waals surface area (Å²) in [5, 5.41) is 0. The Morgan fingerprint density at radius 1 is 0.969 bits per heavy atom. The molecule has 2 heterocycles. The number of likely N-dealkylation sites (tertiary alicyclic amines) is 1. The summed E-state index contributed by atoms with van der Waals surface area (Å²) in [6, 6.07) is 17.3. The molecule has 2 aromatic carbocycles. The van der Waals surface area contributed by atoms with Gasteiger partial charge in [0, 0.05) is 31.0 Å². The molecule has 7 heteroatoms. The lowest BCUT2D eigenvalue weighted by Gasteiger charge is -2.39. The summed E-state index contributed by atoms with van der Waals surface area (Å²) in [6.45, 7) is 0.938. The molecule has 0 radical (unpaired) electrons. The molecular formula is C25H26N4O3. The maximum atomic E-state index is 12.6. The van der Waals surface area contributed by atoms with Crippen LogP contribution in [0.2, 0.25) is 0 Å². The highest BCUT2D eigenvalue weighted by molar-refractivity contribution is 5.82. The van der Waals surface area contributed by atoms with Crippen LogP contribution in [0.3, 0.4) is 0 Å². The lowest BCUT2D eigenvalue weighted by Crippen LogP contribution is -2.50. The van der Waals surface area contributed by atoms with Crippen molar-refractivity contribution in [3.05, 3.63) is 78.9 Å². The number of amides is 2. The van der Waals surface area contributed by atoms with Crippen LogP contribution in [0.4, 0.5) is 0 Å². The SMILES string of the molecule is NC(=O)C1(Cc2cccc(-c3cncnc3)c2)CCN(C(=O)COc2ccccc2)CC1. The standard InChI is InChI=1S/C25H26N4O3/c26-24(31)25(14-19-5-4-6-20(13-19)21-15-27-18-28-16-21)9-11-29(12-10-25)23(30)17-32-22-7-2-1-3-8-22/h1-8,13,15-16,18H,9-12,14,17H2,(H2,26,31). The van der Waals surface area contributed by atoms with E-state index in [0.717, 1.165) is 16.7 Å². The van der Waals surface area contributed by atoms with Crippen LogP contribution < -0.4 is 10.5 Å². The highest BCUT2D eigenvalue weighted by Crippen LogP contribution is 2.36. The molecule has 1 aromatic heterocycles. The van der Waals surface area contributed by atoms with E-state index in [-0.39, 0.29) is 18.4 Å². The van der Waals surface area contributed by atoms with Crippen molar-refractivity contribution >= 4 is 11.8 Å². The third-order valence-corrected chi connectivity index (χ3v) is 6.06. The lowest BCUT2D eigenvalue weighted by atomic mass is 9.73. The van der Waals surface area contributed by atoms with E-state index in [9.17, 15) is 9.59 Å². The van der Waals surface area contributed by atoms with E-state index >= 15 is 0 Å². The molecule has 0 saturated carbocycles. The zero-order chi connectivity index (χ0) is 22.4. The van der Waals surface area contributed by atoms with Gasteiger partial charge in [-0.05, 0) is 42.5 Å². The number of carbonyl (C=O) groups is 2. The molecule has 4 rings (SSSR count). The number of hydrogen-bond donors (Lipinski definition) is 1. The first kappa shape index (κ1) is 21.5. The highest BCUT2D eigenvalue weighted by atomic mass is 16.5. The molecule has 7 nitrogen and oxygen atoms in total. The number of para-hydroxylation sites is 1. The number of ether oxygens (including phenoxy) is 1. The van der Waals surface area contributed by atoms with Crippen molar-refractivity contribution < 1.29 is 14.3 Å². The molecule has 1 aliphatic heterocycles. The van der Waals surface area contributed by atoms with Gasteiger partial charge in [0.05, 0.1) is 5.41 Å². The van der Waals surface area contributed by atoms with E-state index < -0.39 is 5.41 Å². The zero-order valence-corrected chi connectivity index (χ0v) is 17.8. The number of primary amides is 1. The summed E-state index contributed by atoms with van der Waals surface area (Å²) in [7, 11) is 0. The maximum Gasteiger partial charge on any atom is 0.260 e. The minimum Gasteiger partial charge on any atom is -0.484 e. The van der Waals surface area contributed by atoms with Gasteiger partial charge in [-0.15, -0.1) is 0 Å². The van der Waals surface area contributed by atoms with Crippen LogP contribution >= 0.6 is 0 Å². The minimum absolute atomic E-state index is 0.0191. The van der Waals surface area contributed by atoms with Gasteiger partial charge < -0.3 is 15.4 Å². The summed E-state index contributed by atoms with van der Waals surface area (Å²) in [5.41, 5.74) is 8.13. The fourth-order valence-corrected chi connectivity index (χ4v) is 4.15. The number of aromatic nitrogens is 2. The van der Waals surface area contributed by atoms with Gasteiger partial charge >= 0.3 is 0 Å². The van der Waals surface area contributed by atoms with Crippen molar-refractivity contribution in [1.29, 1.82) is 0 Å². The smallest absolute Gasteiger partial charge is 0.260 e. The fourth-order valence-electron chi connectivity index (χ4n) is 4.15. The molecule has 0 bridgehead atoms. The van der Waals surface area contributed by atoms with Crippen LogP contribution in [0.1, 0.15) is 18.4 Å². The normalized spacial score (nSPS) is 15.2. The number of carbonyl (C=O) groups excluding carboxylic acids is 2. The van der Waals surface area contributed by atoms with Crippen molar-refractivity contribution in [2.24, 2.45) is 11.1 Å². The van der Waals surface area contributed by atoms with Crippen molar-refractivity contribution in [3.63, 3.8) is 0 Å². The van der Waals surface area contributed by atoms with Crippen molar-refractivity contribution in [2.45, 2.75) is 19.3 Å². The molecule has 2 amide bonds. The highest BCUT2D eigenvalue weighted by Gasteiger charge is 2.41. The maximum absolute atomic E-state index is 12.6. The van der Waals surface area contributed by atoms with Crippen LogP contribution in [0, 0.1) is 5.41 Å². The Balaban J connectivity index is 1.40. The summed E-state index contributed by atoms with van der Waals surface area (Å²) in [5.74, 6) is 0.254. The predicted molar refractivity (Wildman–Crippen MR) is 121 cm³/mol. The molecule has 1 fully saturated rings. The Morgan fingerprint density at radius 3 is 2.38 bits per heavy atom. The second-order valence-electron chi connectivity index (χ2n) is 8.13. The van der Waals surface area contributed by atoms with Crippen molar-refractivity contribution in [2.75, 3.05) is 19.7 Å². The molecule has 0 aliphatic carbocycles. The molecule has 32 heavy (non-hydrogen) atoms. The topological polar surface area (TPSA) is 98.4 Å². The number of nitrogens with two attached hydrogens (primary N) is 1. The van der Waals surface area contributed by atoms with Gasteiger partial charge in [0.1, 0.15) is 12.1 Å². The molecule has 0 spiro atoms. The Bertz CT molecular complexity index is 1060. The summed E-state index contributed by atoms with van der Waals surface area (Å²) in [6.07, 6.45) is 6.60. The average Bonchev–Trinajstić information content (AvgIpc) is 2.84. The van der Waals surface area contributed by atoms with Gasteiger partial charge in [-0.25, -0.2) is 9.97 Å². The molecule has 1 aliphatic rings. The third kappa shape index (κ3) is 4.94. The van der Waals surface area contributed by atoms with Gasteiger partial charge in [0.25, 0.3) is 5.91 Å². The van der Waals surface area contributed by atoms with E-state index in [2.05, 4.69) is 16.0 Å². The van der Waals surface area contributed by atoms with Gasteiger partial charge in [-0.3, -0.25) is 9.59 Å². The van der Waals surface area contributed by atoms with E-state index in [1.807, 2.05) is 48.5 Å². The van der Waals surface area contributed by atoms with Gasteiger partial charge in [-0.1, -0.05) is 42.5 Å². The first-order chi connectivity index (χ1) is 15.6. The minimum atomic E-state index is -0.678. The molecule has 0 unspecified atom stereocenters. The van der Waals surface area contributed by atoms with Crippen molar-refractivity contribution in [1.82, 2.24) is 14.9 Å². The van der Waals surface area contributed by atoms with E-state index in [1.54, 1.807) is 17.3 Å². The molecule has 2 N–H and O–H groups in total. The van der Waals surface area contributed by atoms with Crippen LogP contribution in [0.25, 0.3) is 11.1 Å².